The van der Waals surface area contributed by atoms with Gasteiger partial charge in [-0.1, -0.05) is 26.7 Å². The van der Waals surface area contributed by atoms with E-state index in [2.05, 4.69) is 24.1 Å². The summed E-state index contributed by atoms with van der Waals surface area (Å²) in [4.78, 5) is 2.60. The Balaban J connectivity index is 2.32. The highest BCUT2D eigenvalue weighted by molar-refractivity contribution is 4.75. The third kappa shape index (κ3) is 6.17. The van der Waals surface area contributed by atoms with E-state index in [1.165, 1.54) is 45.2 Å². The molecule has 1 fully saturated rings. The Kier molecular flexibility index (Phi) is 8.64. The first-order chi connectivity index (χ1) is 8.80. The van der Waals surface area contributed by atoms with Gasteiger partial charge >= 0.3 is 0 Å². The standard InChI is InChI=1S/C15H32N2O/c1-3-6-14-7-5-10-17(11-8-14)13-15(9-12-18)16-4-2/h14-16,18H,3-13H2,1-2H3. The van der Waals surface area contributed by atoms with Crippen molar-refractivity contribution in [1.82, 2.24) is 10.2 Å². The van der Waals surface area contributed by atoms with Gasteiger partial charge in [-0.3, -0.25) is 0 Å². The molecule has 0 saturated carbocycles. The van der Waals surface area contributed by atoms with Crippen LogP contribution in [0.4, 0.5) is 0 Å². The summed E-state index contributed by atoms with van der Waals surface area (Å²) in [6.45, 7) is 9.33. The molecule has 1 rings (SSSR count). The van der Waals surface area contributed by atoms with Gasteiger partial charge in [0.05, 0.1) is 0 Å². The fourth-order valence-corrected chi connectivity index (χ4v) is 3.12. The summed E-state index contributed by atoms with van der Waals surface area (Å²) in [6.07, 6.45) is 7.74. The predicted molar refractivity (Wildman–Crippen MR) is 77.9 cm³/mol. The molecule has 1 heterocycles. The molecule has 2 unspecified atom stereocenters. The number of nitrogens with zero attached hydrogens (tertiary/aromatic N) is 1. The molecule has 0 bridgehead atoms. The highest BCUT2D eigenvalue weighted by Crippen LogP contribution is 2.22. The summed E-state index contributed by atoms with van der Waals surface area (Å²) in [5.41, 5.74) is 0. The van der Waals surface area contributed by atoms with Gasteiger partial charge < -0.3 is 15.3 Å². The van der Waals surface area contributed by atoms with Crippen LogP contribution in [-0.2, 0) is 0 Å². The van der Waals surface area contributed by atoms with Crippen molar-refractivity contribution in [2.24, 2.45) is 5.92 Å². The van der Waals surface area contributed by atoms with Crippen molar-refractivity contribution >= 4 is 0 Å². The molecule has 108 valence electrons. The first-order valence-corrected chi connectivity index (χ1v) is 7.86. The Morgan fingerprint density at radius 3 is 2.78 bits per heavy atom. The zero-order chi connectivity index (χ0) is 13.2. The maximum atomic E-state index is 9.10. The molecule has 1 aliphatic rings. The number of likely N-dealkylation sites (tertiary alicyclic amines) is 1. The number of hydrogen-bond acceptors (Lipinski definition) is 3. The number of hydrogen-bond donors (Lipinski definition) is 2. The third-order valence-corrected chi connectivity index (χ3v) is 4.09. The normalized spacial score (nSPS) is 23.8. The number of aliphatic hydroxyl groups excluding tert-OH is 1. The maximum Gasteiger partial charge on any atom is 0.0446 e. The van der Waals surface area contributed by atoms with Gasteiger partial charge in [0.25, 0.3) is 0 Å². The molecule has 0 aliphatic carbocycles. The molecular formula is C15H32N2O. The van der Waals surface area contributed by atoms with Crippen molar-refractivity contribution in [3.8, 4) is 0 Å². The minimum Gasteiger partial charge on any atom is -0.396 e. The highest BCUT2D eigenvalue weighted by atomic mass is 16.3. The second-order valence-electron chi connectivity index (χ2n) is 5.65. The van der Waals surface area contributed by atoms with E-state index in [9.17, 15) is 0 Å². The zero-order valence-corrected chi connectivity index (χ0v) is 12.3. The second kappa shape index (κ2) is 9.76. The van der Waals surface area contributed by atoms with Crippen LogP contribution < -0.4 is 5.32 Å². The van der Waals surface area contributed by atoms with E-state index in [-0.39, 0.29) is 0 Å². The average molecular weight is 256 g/mol. The monoisotopic (exact) mass is 256 g/mol. The minimum absolute atomic E-state index is 0.296. The molecule has 0 aromatic heterocycles. The van der Waals surface area contributed by atoms with E-state index >= 15 is 0 Å². The van der Waals surface area contributed by atoms with Gasteiger partial charge in [0.1, 0.15) is 0 Å². The Hall–Kier alpha value is -0.120. The van der Waals surface area contributed by atoms with Crippen molar-refractivity contribution in [3.63, 3.8) is 0 Å². The predicted octanol–water partition coefficient (Wildman–Crippen LogP) is 2.25. The van der Waals surface area contributed by atoms with Crippen LogP contribution in [0.25, 0.3) is 0 Å². The molecule has 0 spiro atoms. The third-order valence-electron chi connectivity index (χ3n) is 4.09. The van der Waals surface area contributed by atoms with E-state index in [1.54, 1.807) is 0 Å². The van der Waals surface area contributed by atoms with Crippen LogP contribution in [0, 0.1) is 5.92 Å². The second-order valence-corrected chi connectivity index (χ2v) is 5.65. The van der Waals surface area contributed by atoms with Crippen LogP contribution in [0.2, 0.25) is 0 Å². The molecule has 3 nitrogen and oxygen atoms in total. The zero-order valence-electron chi connectivity index (χ0n) is 12.3. The minimum atomic E-state index is 0.296. The first-order valence-electron chi connectivity index (χ1n) is 7.86. The van der Waals surface area contributed by atoms with Crippen LogP contribution in [-0.4, -0.2) is 48.8 Å². The summed E-state index contributed by atoms with van der Waals surface area (Å²) >= 11 is 0. The van der Waals surface area contributed by atoms with Crippen molar-refractivity contribution < 1.29 is 5.11 Å². The van der Waals surface area contributed by atoms with Gasteiger partial charge in [-0.25, -0.2) is 0 Å². The molecule has 0 amide bonds. The summed E-state index contributed by atoms with van der Waals surface area (Å²) < 4.78 is 0. The fraction of sp³-hybridized carbons (Fsp3) is 1.00. The number of nitrogens with one attached hydrogen (secondary N) is 1. The number of rotatable bonds is 8. The van der Waals surface area contributed by atoms with Gasteiger partial charge in [0, 0.05) is 19.2 Å². The molecule has 1 aliphatic heterocycles. The smallest absolute Gasteiger partial charge is 0.0446 e. The van der Waals surface area contributed by atoms with Crippen LogP contribution >= 0.6 is 0 Å². The Labute approximate surface area is 113 Å². The van der Waals surface area contributed by atoms with Crippen molar-refractivity contribution in [2.75, 3.05) is 32.8 Å². The number of likely N-dealkylation sites (N-methyl/N-ethyl adjacent to an activating group) is 1. The van der Waals surface area contributed by atoms with Gasteiger partial charge in [0.2, 0.25) is 0 Å². The average Bonchev–Trinajstić information content (AvgIpc) is 2.56. The summed E-state index contributed by atoms with van der Waals surface area (Å²) in [5.74, 6) is 0.954. The van der Waals surface area contributed by atoms with E-state index < -0.39 is 0 Å². The quantitative estimate of drug-likeness (QED) is 0.699. The lowest BCUT2D eigenvalue weighted by Crippen LogP contribution is -2.42. The maximum absolute atomic E-state index is 9.10. The molecule has 1 saturated heterocycles. The molecular weight excluding hydrogens is 224 g/mol. The Morgan fingerprint density at radius 2 is 2.11 bits per heavy atom. The Morgan fingerprint density at radius 1 is 1.28 bits per heavy atom. The van der Waals surface area contributed by atoms with Gasteiger partial charge in [-0.15, -0.1) is 0 Å². The van der Waals surface area contributed by atoms with Crippen LogP contribution in [0.5, 0.6) is 0 Å². The van der Waals surface area contributed by atoms with E-state index in [0.717, 1.165) is 25.4 Å². The molecule has 0 aromatic carbocycles. The summed E-state index contributed by atoms with van der Waals surface area (Å²) in [6, 6.07) is 0.461. The molecule has 0 radical (unpaired) electrons. The summed E-state index contributed by atoms with van der Waals surface area (Å²) in [7, 11) is 0. The van der Waals surface area contributed by atoms with Crippen LogP contribution in [0.15, 0.2) is 0 Å². The largest absolute Gasteiger partial charge is 0.396 e. The lowest BCUT2D eigenvalue weighted by atomic mass is 9.96. The van der Waals surface area contributed by atoms with Gasteiger partial charge in [-0.05, 0) is 51.2 Å². The van der Waals surface area contributed by atoms with Crippen LogP contribution in [0.1, 0.15) is 52.4 Å². The highest BCUT2D eigenvalue weighted by Gasteiger charge is 2.18. The molecule has 0 aromatic rings. The first kappa shape index (κ1) is 15.9. The van der Waals surface area contributed by atoms with E-state index in [1.807, 2.05) is 0 Å². The van der Waals surface area contributed by atoms with E-state index in [0.29, 0.717) is 12.6 Å². The van der Waals surface area contributed by atoms with Gasteiger partial charge in [0.15, 0.2) is 0 Å². The van der Waals surface area contributed by atoms with E-state index in [4.69, 9.17) is 5.11 Å². The molecule has 3 heteroatoms. The topological polar surface area (TPSA) is 35.5 Å². The number of aliphatic hydroxyl groups is 1. The fourth-order valence-electron chi connectivity index (χ4n) is 3.12. The van der Waals surface area contributed by atoms with Gasteiger partial charge in [-0.2, -0.15) is 0 Å². The SMILES string of the molecule is CCCC1CCCN(CC(CCO)NCC)CC1. The van der Waals surface area contributed by atoms with Crippen LogP contribution in [0.3, 0.4) is 0 Å². The molecule has 2 atom stereocenters. The molecule has 18 heavy (non-hydrogen) atoms. The lowest BCUT2D eigenvalue weighted by Gasteiger charge is -2.26. The van der Waals surface area contributed by atoms with Crippen molar-refractivity contribution in [3.05, 3.63) is 0 Å². The van der Waals surface area contributed by atoms with Crippen molar-refractivity contribution in [1.29, 1.82) is 0 Å². The lowest BCUT2D eigenvalue weighted by molar-refractivity contribution is 0.211. The Bertz CT molecular complexity index is 193. The van der Waals surface area contributed by atoms with Crippen molar-refractivity contribution in [2.45, 2.75) is 58.4 Å². The molecule has 2 N–H and O–H groups in total. The summed E-state index contributed by atoms with van der Waals surface area (Å²) in [5, 5.41) is 12.6.